The van der Waals surface area contributed by atoms with Gasteiger partial charge < -0.3 is 19.5 Å². The quantitative estimate of drug-likeness (QED) is 0.634. The Morgan fingerprint density at radius 1 is 1.17 bits per heavy atom. The highest BCUT2D eigenvalue weighted by Crippen LogP contribution is 2.31. The number of aliphatic hydroxyl groups excluding tert-OH is 1. The van der Waals surface area contributed by atoms with Gasteiger partial charge in [-0.25, -0.2) is 4.98 Å². The van der Waals surface area contributed by atoms with Crippen LogP contribution in [0.5, 0.6) is 11.6 Å². The summed E-state index contributed by atoms with van der Waals surface area (Å²) < 4.78 is 46.3. The molecule has 1 aromatic carbocycles. The molecule has 0 saturated carbocycles. The standard InChI is InChI=1S/C21H22F3N3O3/c1-29-19-10-5-15(14-26-19)18-4-2-12-27(20(18)25-11-3-13-28)16-6-8-17(9-7-16)30-21(22,23)24/h2,4-10,12,14,20,25,28H,3,11,13H2,1H3. The van der Waals surface area contributed by atoms with E-state index in [1.807, 2.05) is 29.3 Å². The lowest BCUT2D eigenvalue weighted by Crippen LogP contribution is -2.45. The van der Waals surface area contributed by atoms with Gasteiger partial charge in [-0.1, -0.05) is 6.08 Å². The first-order valence-electron chi connectivity index (χ1n) is 9.28. The lowest BCUT2D eigenvalue weighted by molar-refractivity contribution is -0.274. The number of ether oxygens (including phenoxy) is 2. The molecule has 30 heavy (non-hydrogen) atoms. The van der Waals surface area contributed by atoms with Crippen molar-refractivity contribution in [1.82, 2.24) is 10.3 Å². The summed E-state index contributed by atoms with van der Waals surface area (Å²) in [5.41, 5.74) is 2.46. The van der Waals surface area contributed by atoms with Gasteiger partial charge in [0.25, 0.3) is 0 Å². The second kappa shape index (κ2) is 9.64. The smallest absolute Gasteiger partial charge is 0.481 e. The Hall–Kier alpha value is -3.04. The number of aliphatic hydroxyl groups is 1. The third kappa shape index (κ3) is 5.52. The third-order valence-electron chi connectivity index (χ3n) is 4.42. The second-order valence-corrected chi connectivity index (χ2v) is 6.44. The second-order valence-electron chi connectivity index (χ2n) is 6.44. The van der Waals surface area contributed by atoms with Crippen molar-refractivity contribution in [3.63, 3.8) is 0 Å². The van der Waals surface area contributed by atoms with Crippen LogP contribution in [0.2, 0.25) is 0 Å². The maximum Gasteiger partial charge on any atom is 0.573 e. The Morgan fingerprint density at radius 2 is 1.93 bits per heavy atom. The molecule has 0 bridgehead atoms. The van der Waals surface area contributed by atoms with Gasteiger partial charge in [0.2, 0.25) is 5.88 Å². The highest BCUT2D eigenvalue weighted by molar-refractivity contribution is 5.76. The van der Waals surface area contributed by atoms with Gasteiger partial charge in [0.15, 0.2) is 0 Å². The molecule has 0 amide bonds. The number of benzene rings is 1. The van der Waals surface area contributed by atoms with Crippen LogP contribution in [0, 0.1) is 0 Å². The van der Waals surface area contributed by atoms with Crippen molar-refractivity contribution >= 4 is 11.3 Å². The van der Waals surface area contributed by atoms with Crippen LogP contribution in [0.4, 0.5) is 18.9 Å². The molecule has 1 aromatic heterocycles. The summed E-state index contributed by atoms with van der Waals surface area (Å²) in [6, 6.07) is 9.30. The molecule has 1 unspecified atom stereocenters. The fraction of sp³-hybridized carbons (Fsp3) is 0.286. The summed E-state index contributed by atoms with van der Waals surface area (Å²) >= 11 is 0. The van der Waals surface area contributed by atoms with Crippen molar-refractivity contribution in [2.45, 2.75) is 18.9 Å². The number of hydrogen-bond acceptors (Lipinski definition) is 6. The summed E-state index contributed by atoms with van der Waals surface area (Å²) in [7, 11) is 1.54. The number of nitrogens with zero attached hydrogens (tertiary/aromatic N) is 2. The highest BCUT2D eigenvalue weighted by atomic mass is 19.4. The molecule has 6 nitrogen and oxygen atoms in total. The van der Waals surface area contributed by atoms with Gasteiger partial charge in [0, 0.05) is 30.8 Å². The number of anilines is 1. The predicted octanol–water partition coefficient (Wildman–Crippen LogP) is 3.70. The topological polar surface area (TPSA) is 66.9 Å². The van der Waals surface area contributed by atoms with Crippen LogP contribution in [0.25, 0.3) is 5.57 Å². The number of rotatable bonds is 8. The molecular formula is C21H22F3N3O3. The average Bonchev–Trinajstić information content (AvgIpc) is 2.73. The third-order valence-corrected chi connectivity index (χ3v) is 4.42. The molecule has 9 heteroatoms. The molecule has 1 aliphatic heterocycles. The molecule has 0 aliphatic carbocycles. The zero-order chi connectivity index (χ0) is 21.6. The van der Waals surface area contributed by atoms with Gasteiger partial charge in [-0.2, -0.15) is 0 Å². The summed E-state index contributed by atoms with van der Waals surface area (Å²) in [4.78, 5) is 6.15. The minimum Gasteiger partial charge on any atom is -0.481 e. The van der Waals surface area contributed by atoms with Crippen LogP contribution >= 0.6 is 0 Å². The van der Waals surface area contributed by atoms with Crippen molar-refractivity contribution in [3.8, 4) is 11.6 Å². The number of alkyl halides is 3. The first-order valence-corrected chi connectivity index (χ1v) is 9.28. The van der Waals surface area contributed by atoms with Crippen LogP contribution in [0.15, 0.2) is 60.9 Å². The molecule has 2 heterocycles. The fourth-order valence-corrected chi connectivity index (χ4v) is 3.07. The van der Waals surface area contributed by atoms with E-state index < -0.39 is 6.36 Å². The monoisotopic (exact) mass is 421 g/mol. The van der Waals surface area contributed by atoms with Gasteiger partial charge in [0.1, 0.15) is 11.9 Å². The average molecular weight is 421 g/mol. The van der Waals surface area contributed by atoms with E-state index in [0.29, 0.717) is 24.5 Å². The molecule has 160 valence electrons. The SMILES string of the molecule is COc1ccc(C2=CC=CN(c3ccc(OC(F)(F)F)cc3)C2NCCCO)cn1. The van der Waals surface area contributed by atoms with Crippen molar-refractivity contribution in [3.05, 3.63) is 66.5 Å². The van der Waals surface area contributed by atoms with Gasteiger partial charge in [-0.3, -0.25) is 5.32 Å². The maximum atomic E-state index is 12.4. The fourth-order valence-electron chi connectivity index (χ4n) is 3.07. The van der Waals surface area contributed by atoms with Crippen LogP contribution in [-0.2, 0) is 0 Å². The van der Waals surface area contributed by atoms with Crippen molar-refractivity contribution in [2.75, 3.05) is 25.2 Å². The number of aromatic nitrogens is 1. The van der Waals surface area contributed by atoms with E-state index in [1.54, 1.807) is 24.4 Å². The lowest BCUT2D eigenvalue weighted by Gasteiger charge is -2.35. The van der Waals surface area contributed by atoms with Crippen LogP contribution < -0.4 is 19.7 Å². The van der Waals surface area contributed by atoms with Gasteiger partial charge in [0.05, 0.1) is 7.11 Å². The lowest BCUT2D eigenvalue weighted by atomic mass is 10.0. The van der Waals surface area contributed by atoms with Crippen LogP contribution in [0.1, 0.15) is 12.0 Å². The number of pyridine rings is 1. The van der Waals surface area contributed by atoms with E-state index in [2.05, 4.69) is 15.0 Å². The van der Waals surface area contributed by atoms with E-state index in [9.17, 15) is 13.2 Å². The predicted molar refractivity (Wildman–Crippen MR) is 107 cm³/mol. The Morgan fingerprint density at radius 3 is 2.53 bits per heavy atom. The normalized spacial score (nSPS) is 16.4. The van der Waals surface area contributed by atoms with Gasteiger partial charge >= 0.3 is 6.36 Å². The van der Waals surface area contributed by atoms with Crippen LogP contribution in [0.3, 0.4) is 0 Å². The van der Waals surface area contributed by atoms with E-state index >= 15 is 0 Å². The first-order chi connectivity index (χ1) is 14.4. The number of halogens is 3. The molecule has 0 spiro atoms. The summed E-state index contributed by atoms with van der Waals surface area (Å²) in [6.07, 6.45) is 2.83. The molecule has 1 aliphatic rings. The van der Waals surface area contributed by atoms with E-state index in [1.165, 1.54) is 19.2 Å². The Bertz CT molecular complexity index is 881. The van der Waals surface area contributed by atoms with Crippen molar-refractivity contribution < 1.29 is 27.8 Å². The van der Waals surface area contributed by atoms with Gasteiger partial charge in [-0.15, -0.1) is 13.2 Å². The Labute approximate surface area is 172 Å². The Kier molecular flexibility index (Phi) is 6.96. The minimum absolute atomic E-state index is 0.0438. The van der Waals surface area contributed by atoms with E-state index in [-0.39, 0.29) is 18.5 Å². The van der Waals surface area contributed by atoms with Crippen LogP contribution in [-0.4, -0.2) is 42.9 Å². The van der Waals surface area contributed by atoms with Crippen molar-refractivity contribution in [1.29, 1.82) is 0 Å². The number of hydrogen-bond donors (Lipinski definition) is 2. The molecule has 2 N–H and O–H groups in total. The van der Waals surface area contributed by atoms with Gasteiger partial charge in [-0.05, 0) is 60.5 Å². The molecular weight excluding hydrogens is 399 g/mol. The zero-order valence-electron chi connectivity index (χ0n) is 16.3. The number of nitrogens with one attached hydrogen (secondary N) is 1. The molecule has 0 fully saturated rings. The van der Waals surface area contributed by atoms with E-state index in [4.69, 9.17) is 9.84 Å². The molecule has 3 rings (SSSR count). The zero-order valence-corrected chi connectivity index (χ0v) is 16.3. The molecule has 1 atom stereocenters. The number of methoxy groups -OCH3 is 1. The maximum absolute atomic E-state index is 12.4. The minimum atomic E-state index is -4.74. The largest absolute Gasteiger partial charge is 0.573 e. The molecule has 2 aromatic rings. The highest BCUT2D eigenvalue weighted by Gasteiger charge is 2.31. The van der Waals surface area contributed by atoms with E-state index in [0.717, 1.165) is 11.1 Å². The first kappa shape index (κ1) is 21.7. The summed E-state index contributed by atoms with van der Waals surface area (Å²) in [5.74, 6) is 0.208. The van der Waals surface area contributed by atoms with Crippen molar-refractivity contribution in [2.24, 2.45) is 0 Å². The summed E-state index contributed by atoms with van der Waals surface area (Å²) in [5, 5.41) is 12.5. The Balaban J connectivity index is 1.87. The summed E-state index contributed by atoms with van der Waals surface area (Å²) in [6.45, 7) is 0.587. The molecule has 0 radical (unpaired) electrons. The molecule has 0 saturated heterocycles. The number of allylic oxidation sites excluding steroid dienone is 2.